The van der Waals surface area contributed by atoms with Crippen LogP contribution in [0.5, 0.6) is 11.5 Å². The van der Waals surface area contributed by atoms with Gasteiger partial charge in [-0.25, -0.2) is 0 Å². The molecule has 1 aliphatic carbocycles. The number of rotatable bonds is 14. The largest absolute Gasteiger partial charge is 0.459 e. The van der Waals surface area contributed by atoms with Crippen molar-refractivity contribution >= 4 is 5.97 Å². The molecule has 7 rings (SSSR count). The van der Waals surface area contributed by atoms with Crippen LogP contribution >= 0.6 is 0 Å². The molecule has 4 fully saturated rings. The Morgan fingerprint density at radius 3 is 2.25 bits per heavy atom. The summed E-state index contributed by atoms with van der Waals surface area (Å²) < 4.78 is 40.3. The molecule has 5 N–H and O–H groups in total. The second-order valence-electron chi connectivity index (χ2n) is 22.5. The van der Waals surface area contributed by atoms with Crippen molar-refractivity contribution in [1.29, 1.82) is 0 Å². The fourth-order valence-electron chi connectivity index (χ4n) is 12.3. The first-order valence-electron chi connectivity index (χ1n) is 26.3. The molecule has 1 aromatic heterocycles. The number of para-hydroxylation sites is 1. The van der Waals surface area contributed by atoms with E-state index in [1.165, 1.54) is 6.92 Å². The smallest absolute Gasteiger partial charge is 0.309 e. The molecule has 4 aliphatic rings. The summed E-state index contributed by atoms with van der Waals surface area (Å²) in [5, 5.41) is 69.2. The number of aliphatic hydroxyl groups is 5. The van der Waals surface area contributed by atoms with Gasteiger partial charge in [-0.2, -0.15) is 0 Å². The molecule has 0 spiro atoms. The molecule has 3 aromatic rings. The number of ether oxygens (including phenoxy) is 6. The van der Waals surface area contributed by atoms with Crippen LogP contribution in [0.3, 0.4) is 0 Å². The molecule has 402 valence electrons. The van der Waals surface area contributed by atoms with Gasteiger partial charge >= 0.3 is 5.97 Å². The lowest BCUT2D eigenvalue weighted by molar-refractivity contribution is -0.297. The maximum atomic E-state index is 14.7. The molecule has 1 unspecified atom stereocenters. The van der Waals surface area contributed by atoms with Crippen molar-refractivity contribution in [2.24, 2.45) is 23.7 Å². The minimum Gasteiger partial charge on any atom is -0.459 e. The summed E-state index contributed by atoms with van der Waals surface area (Å²) in [4.78, 5) is 18.7. The maximum absolute atomic E-state index is 14.7. The Kier molecular flexibility index (Phi) is 17.7. The van der Waals surface area contributed by atoms with E-state index in [2.05, 4.69) is 27.3 Å². The van der Waals surface area contributed by atoms with Gasteiger partial charge in [-0.05, 0) is 116 Å². The molecule has 18 atom stereocenters. The Morgan fingerprint density at radius 2 is 1.58 bits per heavy atom. The van der Waals surface area contributed by atoms with E-state index in [1.807, 2.05) is 107 Å². The number of methoxy groups -OCH3 is 1. The van der Waals surface area contributed by atoms with E-state index in [1.54, 1.807) is 27.9 Å². The van der Waals surface area contributed by atoms with Crippen LogP contribution in [0.4, 0.5) is 0 Å². The average Bonchev–Trinajstić information content (AvgIpc) is 3.65. The maximum Gasteiger partial charge on any atom is 0.309 e. The zero-order chi connectivity index (χ0) is 52.5. The molecule has 0 amide bonds. The lowest BCUT2D eigenvalue weighted by atomic mass is 9.70. The monoisotopic (exact) mass is 1010 g/mol. The third kappa shape index (κ3) is 11.9. The van der Waals surface area contributed by atoms with Crippen LogP contribution in [0.1, 0.15) is 106 Å². The van der Waals surface area contributed by atoms with Gasteiger partial charge in [0.1, 0.15) is 47.1 Å². The number of hydrogen-bond donors (Lipinski definition) is 5. The van der Waals surface area contributed by atoms with Crippen molar-refractivity contribution in [1.82, 2.24) is 24.8 Å². The van der Waals surface area contributed by atoms with Crippen molar-refractivity contribution in [2.45, 2.75) is 197 Å². The van der Waals surface area contributed by atoms with E-state index in [-0.39, 0.29) is 37.3 Å². The van der Waals surface area contributed by atoms with E-state index in [0.717, 1.165) is 29.2 Å². The van der Waals surface area contributed by atoms with Crippen molar-refractivity contribution in [3.05, 3.63) is 72.1 Å². The standard InChI is InChI=1S/C55H85N5O12/c1-13-45-53(9,65)48(62)37(6)59(11)30-33(2)28-54(66)32-55(54,36(5)46(35(4)50(64)71-45)44-29-52(8,67-12)49(63)38(7)69-44)72-51-47(61)43(27-34(3)68-51)58(10)25-24-40-31-60(57-56-40)26-23-39-19-21-42(22-20-39)70-41-17-15-14-16-18-41/h14-22,31,33-38,43-49,51,61-63,65-66H,13,23-30,32H2,1-12H3/t33-,34-,35-,36+,37-,38+,43+,44?,45-,46-,47-,48-,49+,51+,52-,53-,54+,55-/m1/s1. The molecule has 0 radical (unpaired) electrons. The number of benzene rings is 2. The normalized spacial score (nSPS) is 40.4. The van der Waals surface area contributed by atoms with E-state index in [9.17, 15) is 30.3 Å². The van der Waals surface area contributed by atoms with Crippen molar-refractivity contribution < 1.29 is 58.7 Å². The first-order valence-corrected chi connectivity index (χ1v) is 26.3. The zero-order valence-corrected chi connectivity index (χ0v) is 44.8. The number of aromatic nitrogens is 3. The highest BCUT2D eigenvalue weighted by molar-refractivity contribution is 5.73. The number of carbonyl (C=O) groups excluding carboxylic acids is 1. The van der Waals surface area contributed by atoms with Gasteiger partial charge in [0.15, 0.2) is 6.29 Å². The number of esters is 1. The number of cyclic esters (lactones) is 1. The Balaban J connectivity index is 1.10. The molecule has 4 heterocycles. The molecular weight excluding hydrogens is 923 g/mol. The Labute approximate surface area is 427 Å². The summed E-state index contributed by atoms with van der Waals surface area (Å²) in [6.07, 6.45) is -2.48. The number of nitrogens with zero attached hydrogens (tertiary/aromatic N) is 5. The van der Waals surface area contributed by atoms with Gasteiger partial charge in [0, 0.05) is 70.2 Å². The van der Waals surface area contributed by atoms with Crippen LogP contribution in [0.25, 0.3) is 0 Å². The SMILES string of the molecule is CC[C@H]1OC(=O)[C@H](C)[C@@H](C2C[C@@](C)(OC)[C@@H](O)[C@H](C)O2)[C@H](C)[C@]2(O[C@@H]3O[C@H](C)C[C@H](N(C)CCc4cn(CCc5ccc(Oc6ccccc6)cc5)nn4)[C@H]3O)C[C@@]2(O)C[C@@H](C)CN(C)[C@H](C)[C@@H](O)[C@]1(C)O. The molecule has 0 bridgehead atoms. The predicted octanol–water partition coefficient (Wildman–Crippen LogP) is 5.17. The van der Waals surface area contributed by atoms with Crippen molar-refractivity contribution in [3.8, 4) is 11.5 Å². The second-order valence-corrected chi connectivity index (χ2v) is 22.5. The second kappa shape index (κ2) is 22.7. The molecule has 72 heavy (non-hydrogen) atoms. The summed E-state index contributed by atoms with van der Waals surface area (Å²) in [5.74, 6) is -1.40. The number of fused-ring (bicyclic) bond motifs is 1. The number of hydrogen-bond acceptors (Lipinski definition) is 16. The Morgan fingerprint density at radius 1 is 0.903 bits per heavy atom. The lowest BCUT2D eigenvalue weighted by Gasteiger charge is -2.50. The van der Waals surface area contributed by atoms with Gasteiger partial charge in [-0.1, -0.05) is 63.2 Å². The minimum absolute atomic E-state index is 0.129. The summed E-state index contributed by atoms with van der Waals surface area (Å²) in [6, 6.07) is 16.8. The molecule has 17 heteroatoms. The van der Waals surface area contributed by atoms with Gasteiger partial charge in [0.25, 0.3) is 0 Å². The third-order valence-corrected chi connectivity index (χ3v) is 17.1. The quantitative estimate of drug-likeness (QED) is 0.132. The minimum atomic E-state index is -1.80. The lowest BCUT2D eigenvalue weighted by Crippen LogP contribution is -2.61. The van der Waals surface area contributed by atoms with Crippen LogP contribution < -0.4 is 4.74 Å². The number of aryl methyl sites for hydroxylation is 2. The van der Waals surface area contributed by atoms with Gasteiger partial charge in [0.2, 0.25) is 0 Å². The van der Waals surface area contributed by atoms with Gasteiger partial charge in [-0.15, -0.1) is 5.10 Å². The fraction of sp³-hybridized carbons (Fsp3) is 0.727. The predicted molar refractivity (Wildman–Crippen MR) is 270 cm³/mol. The molecule has 1 saturated carbocycles. The molecule has 3 saturated heterocycles. The van der Waals surface area contributed by atoms with Gasteiger partial charge in [0.05, 0.1) is 41.1 Å². The Bertz CT molecular complexity index is 2220. The van der Waals surface area contributed by atoms with Gasteiger partial charge in [-0.3, -0.25) is 9.48 Å². The van der Waals surface area contributed by atoms with E-state index in [0.29, 0.717) is 38.9 Å². The van der Waals surface area contributed by atoms with Crippen LogP contribution in [0, 0.1) is 23.7 Å². The third-order valence-electron chi connectivity index (χ3n) is 17.1. The van der Waals surface area contributed by atoms with Crippen LogP contribution in [-0.2, 0) is 47.9 Å². The van der Waals surface area contributed by atoms with Crippen LogP contribution in [0.2, 0.25) is 0 Å². The highest BCUT2D eigenvalue weighted by atomic mass is 16.7. The molecule has 3 aliphatic heterocycles. The number of aliphatic hydroxyl groups excluding tert-OH is 3. The van der Waals surface area contributed by atoms with Crippen molar-refractivity contribution in [2.75, 3.05) is 34.3 Å². The highest BCUT2D eigenvalue weighted by Crippen LogP contribution is 2.63. The van der Waals surface area contributed by atoms with Crippen LogP contribution in [-0.4, -0.2) is 174 Å². The molecule has 2 aromatic carbocycles. The summed E-state index contributed by atoms with van der Waals surface area (Å²) in [6.45, 7) is 18.1. The van der Waals surface area contributed by atoms with E-state index in [4.69, 9.17) is 28.4 Å². The van der Waals surface area contributed by atoms with E-state index >= 15 is 0 Å². The zero-order valence-electron chi connectivity index (χ0n) is 44.8. The molecule has 17 nitrogen and oxygen atoms in total. The summed E-state index contributed by atoms with van der Waals surface area (Å²) >= 11 is 0. The highest BCUT2D eigenvalue weighted by Gasteiger charge is 2.74. The molecular formula is C55H85N5O12. The average molecular weight is 1010 g/mol. The number of carbonyl (C=O) groups is 1. The summed E-state index contributed by atoms with van der Waals surface area (Å²) in [5.41, 5.74) is -3.64. The summed E-state index contributed by atoms with van der Waals surface area (Å²) in [7, 11) is 5.39. The van der Waals surface area contributed by atoms with E-state index < -0.39 is 95.1 Å². The fourth-order valence-corrected chi connectivity index (χ4v) is 12.3. The van der Waals surface area contributed by atoms with Crippen LogP contribution in [0.15, 0.2) is 60.8 Å². The first-order chi connectivity index (χ1) is 33.9. The first kappa shape index (κ1) is 56.1. The Hall–Kier alpha value is -3.59. The number of likely N-dealkylation sites (N-methyl/N-ethyl adjacent to an activating group) is 2. The topological polar surface area (TPSA) is 211 Å². The van der Waals surface area contributed by atoms with Gasteiger partial charge < -0.3 is 63.8 Å². The van der Waals surface area contributed by atoms with Crippen molar-refractivity contribution in [3.63, 3.8) is 0 Å².